The second-order valence-electron chi connectivity index (χ2n) is 4.65. The number of benzene rings is 2. The summed E-state index contributed by atoms with van der Waals surface area (Å²) in [5, 5.41) is 5.19. The monoisotopic (exact) mass is 288 g/mol. The second-order valence-corrected chi connectivity index (χ2v) is 5.08. The molecule has 0 aliphatic carbocycles. The molecular weight excluding hydrogens is 275 g/mol. The Morgan fingerprint density at radius 3 is 2.65 bits per heavy atom. The van der Waals surface area contributed by atoms with Gasteiger partial charge < -0.3 is 9.88 Å². The lowest BCUT2D eigenvalue weighted by Gasteiger charge is -2.08. The third kappa shape index (κ3) is 2.78. The van der Waals surface area contributed by atoms with Crippen molar-refractivity contribution in [3.63, 3.8) is 0 Å². The molecule has 0 radical (unpaired) electrons. The standard InChI is InChI=1S/C16H14ClFN2/c17-13-2-1-12-7-9-20(16(12)11-13)10-8-19-15-5-3-14(18)4-6-15/h1-7,9,11,19H,8,10H2. The zero-order chi connectivity index (χ0) is 13.9. The molecule has 2 aromatic carbocycles. The number of hydrogen-bond acceptors (Lipinski definition) is 1. The van der Waals surface area contributed by atoms with Gasteiger partial charge in [0.15, 0.2) is 0 Å². The van der Waals surface area contributed by atoms with Crippen molar-refractivity contribution < 1.29 is 4.39 Å². The normalized spacial score (nSPS) is 10.9. The number of fused-ring (bicyclic) bond motifs is 1. The van der Waals surface area contributed by atoms with E-state index in [9.17, 15) is 4.39 Å². The van der Waals surface area contributed by atoms with E-state index in [-0.39, 0.29) is 5.82 Å². The second kappa shape index (κ2) is 5.55. The zero-order valence-electron chi connectivity index (χ0n) is 10.8. The molecule has 102 valence electrons. The smallest absolute Gasteiger partial charge is 0.123 e. The van der Waals surface area contributed by atoms with E-state index in [0.29, 0.717) is 0 Å². The maximum atomic E-state index is 12.8. The molecule has 0 atom stereocenters. The number of hydrogen-bond donors (Lipinski definition) is 1. The summed E-state index contributed by atoms with van der Waals surface area (Å²) in [6, 6.07) is 14.3. The van der Waals surface area contributed by atoms with Crippen LogP contribution in [-0.4, -0.2) is 11.1 Å². The molecule has 0 amide bonds. The first-order valence-electron chi connectivity index (χ1n) is 6.46. The molecule has 0 bridgehead atoms. The van der Waals surface area contributed by atoms with Gasteiger partial charge in [-0.25, -0.2) is 4.39 Å². The van der Waals surface area contributed by atoms with E-state index in [1.54, 1.807) is 12.1 Å². The lowest BCUT2D eigenvalue weighted by molar-refractivity contribution is 0.628. The highest BCUT2D eigenvalue weighted by molar-refractivity contribution is 6.31. The van der Waals surface area contributed by atoms with Gasteiger partial charge in [-0.3, -0.25) is 0 Å². The first kappa shape index (κ1) is 13.0. The Balaban J connectivity index is 1.68. The predicted octanol–water partition coefficient (Wildman–Crippen LogP) is 4.55. The Morgan fingerprint density at radius 1 is 1.05 bits per heavy atom. The fraction of sp³-hybridized carbons (Fsp3) is 0.125. The Kier molecular flexibility index (Phi) is 3.61. The molecule has 1 heterocycles. The number of rotatable bonds is 4. The lowest BCUT2D eigenvalue weighted by atomic mass is 10.2. The molecule has 0 fully saturated rings. The minimum absolute atomic E-state index is 0.221. The van der Waals surface area contributed by atoms with Crippen molar-refractivity contribution in [2.24, 2.45) is 0 Å². The van der Waals surface area contributed by atoms with Gasteiger partial charge in [-0.05, 0) is 47.9 Å². The molecule has 4 heteroatoms. The molecule has 3 aromatic rings. The van der Waals surface area contributed by atoms with Gasteiger partial charge in [0.25, 0.3) is 0 Å². The van der Waals surface area contributed by atoms with Crippen LogP contribution in [0, 0.1) is 5.82 Å². The summed E-state index contributed by atoms with van der Waals surface area (Å²) < 4.78 is 15.0. The van der Waals surface area contributed by atoms with Crippen molar-refractivity contribution in [3.8, 4) is 0 Å². The Hall–Kier alpha value is -2.00. The van der Waals surface area contributed by atoms with Gasteiger partial charge in [0.05, 0.1) is 0 Å². The Morgan fingerprint density at radius 2 is 1.85 bits per heavy atom. The van der Waals surface area contributed by atoms with Crippen molar-refractivity contribution in [2.75, 3.05) is 11.9 Å². The van der Waals surface area contributed by atoms with Crippen LogP contribution in [0.2, 0.25) is 5.02 Å². The van der Waals surface area contributed by atoms with E-state index >= 15 is 0 Å². The van der Waals surface area contributed by atoms with Gasteiger partial charge in [0, 0.05) is 35.5 Å². The average molecular weight is 289 g/mol. The van der Waals surface area contributed by atoms with Crippen molar-refractivity contribution in [1.82, 2.24) is 4.57 Å². The fourth-order valence-electron chi connectivity index (χ4n) is 2.24. The molecule has 3 rings (SSSR count). The van der Waals surface area contributed by atoms with E-state index in [1.807, 2.05) is 24.4 Å². The van der Waals surface area contributed by atoms with Crippen LogP contribution in [-0.2, 0) is 6.54 Å². The van der Waals surface area contributed by atoms with Crippen LogP contribution in [0.15, 0.2) is 54.7 Å². The Bertz CT molecular complexity index is 719. The summed E-state index contributed by atoms with van der Waals surface area (Å²) >= 11 is 6.03. The zero-order valence-corrected chi connectivity index (χ0v) is 11.6. The first-order valence-corrected chi connectivity index (χ1v) is 6.84. The average Bonchev–Trinajstić information content (AvgIpc) is 2.84. The highest BCUT2D eigenvalue weighted by Gasteiger charge is 2.01. The molecule has 1 aromatic heterocycles. The summed E-state index contributed by atoms with van der Waals surface area (Å²) in [7, 11) is 0. The highest BCUT2D eigenvalue weighted by Crippen LogP contribution is 2.20. The largest absolute Gasteiger partial charge is 0.383 e. The molecule has 0 saturated carbocycles. The molecule has 0 saturated heterocycles. The van der Waals surface area contributed by atoms with Gasteiger partial charge in [-0.1, -0.05) is 17.7 Å². The van der Waals surface area contributed by atoms with Crippen molar-refractivity contribution >= 4 is 28.2 Å². The van der Waals surface area contributed by atoms with Crippen LogP contribution in [0.5, 0.6) is 0 Å². The maximum Gasteiger partial charge on any atom is 0.123 e. The van der Waals surface area contributed by atoms with Gasteiger partial charge in [-0.2, -0.15) is 0 Å². The number of nitrogens with zero attached hydrogens (tertiary/aromatic N) is 1. The van der Waals surface area contributed by atoms with Crippen molar-refractivity contribution in [2.45, 2.75) is 6.54 Å². The molecule has 0 spiro atoms. The highest BCUT2D eigenvalue weighted by atomic mass is 35.5. The van der Waals surface area contributed by atoms with E-state index in [0.717, 1.165) is 29.3 Å². The SMILES string of the molecule is Fc1ccc(NCCn2ccc3ccc(Cl)cc32)cc1. The van der Waals surface area contributed by atoms with E-state index in [2.05, 4.69) is 16.0 Å². The third-order valence-electron chi connectivity index (χ3n) is 3.26. The van der Waals surface area contributed by atoms with Gasteiger partial charge >= 0.3 is 0 Å². The predicted molar refractivity (Wildman–Crippen MR) is 81.8 cm³/mol. The molecule has 0 aliphatic rings. The summed E-state index contributed by atoms with van der Waals surface area (Å²) in [5.41, 5.74) is 2.04. The topological polar surface area (TPSA) is 17.0 Å². The van der Waals surface area contributed by atoms with Crippen LogP contribution in [0.4, 0.5) is 10.1 Å². The number of nitrogens with one attached hydrogen (secondary N) is 1. The third-order valence-corrected chi connectivity index (χ3v) is 3.50. The molecule has 2 nitrogen and oxygen atoms in total. The quantitative estimate of drug-likeness (QED) is 0.745. The van der Waals surface area contributed by atoms with Crippen LogP contribution >= 0.6 is 11.6 Å². The molecular formula is C16H14ClFN2. The van der Waals surface area contributed by atoms with Crippen LogP contribution in [0.1, 0.15) is 0 Å². The van der Waals surface area contributed by atoms with Gasteiger partial charge in [-0.15, -0.1) is 0 Å². The van der Waals surface area contributed by atoms with Crippen molar-refractivity contribution in [3.05, 3.63) is 65.6 Å². The van der Waals surface area contributed by atoms with E-state index < -0.39 is 0 Å². The summed E-state index contributed by atoms with van der Waals surface area (Å²) in [5.74, 6) is -0.221. The van der Waals surface area contributed by atoms with Gasteiger partial charge in [0.2, 0.25) is 0 Å². The number of aromatic nitrogens is 1. The number of halogens is 2. The maximum absolute atomic E-state index is 12.8. The van der Waals surface area contributed by atoms with Crippen LogP contribution in [0.25, 0.3) is 10.9 Å². The summed E-state index contributed by atoms with van der Waals surface area (Å²) in [6.45, 7) is 1.59. The Labute approximate surface area is 121 Å². The minimum atomic E-state index is -0.221. The number of anilines is 1. The fourth-order valence-corrected chi connectivity index (χ4v) is 2.41. The molecule has 0 unspecified atom stereocenters. The summed E-state index contributed by atoms with van der Waals surface area (Å²) in [6.07, 6.45) is 2.05. The molecule has 20 heavy (non-hydrogen) atoms. The van der Waals surface area contributed by atoms with Crippen molar-refractivity contribution in [1.29, 1.82) is 0 Å². The first-order chi connectivity index (χ1) is 9.72. The van der Waals surface area contributed by atoms with Gasteiger partial charge in [0.1, 0.15) is 5.82 Å². The molecule has 1 N–H and O–H groups in total. The van der Waals surface area contributed by atoms with E-state index in [1.165, 1.54) is 17.5 Å². The van der Waals surface area contributed by atoms with Crippen LogP contribution in [0.3, 0.4) is 0 Å². The lowest BCUT2D eigenvalue weighted by Crippen LogP contribution is -2.09. The minimum Gasteiger partial charge on any atom is -0.383 e. The summed E-state index contributed by atoms with van der Waals surface area (Å²) in [4.78, 5) is 0. The molecule has 0 aliphatic heterocycles. The van der Waals surface area contributed by atoms with Crippen LogP contribution < -0.4 is 5.32 Å². The van der Waals surface area contributed by atoms with E-state index in [4.69, 9.17) is 11.6 Å².